The van der Waals surface area contributed by atoms with Crippen LogP contribution >= 0.6 is 0 Å². The molecular formula is C25H21N3O5. The molecule has 2 N–H and O–H groups in total. The summed E-state index contributed by atoms with van der Waals surface area (Å²) in [5.74, 6) is -1.17. The van der Waals surface area contributed by atoms with E-state index in [1.165, 1.54) is 37.3 Å². The number of non-ortho nitro benzene ring substituents is 1. The van der Waals surface area contributed by atoms with Crippen molar-refractivity contribution in [2.24, 2.45) is 0 Å². The molecule has 8 nitrogen and oxygen atoms in total. The second-order valence-electron chi connectivity index (χ2n) is 7.31. The molecule has 0 bridgehead atoms. The standard InChI is InChI=1S/C25H21N3O5/c1-16-3-7-20(8-4-16)24(30)27-23(15-18-5-13-22(14-6-18)28(32)33)25(31)26-21-11-9-19(10-12-21)17(2)29/h3-15H,1-2H3,(H,26,31)(H,27,30)/b23-15-. The average molecular weight is 443 g/mol. The molecule has 0 saturated heterocycles. The number of Topliss-reactive ketones (excluding diaryl/α,β-unsaturated/α-hetero) is 1. The van der Waals surface area contributed by atoms with Crippen LogP contribution in [-0.4, -0.2) is 22.5 Å². The summed E-state index contributed by atoms with van der Waals surface area (Å²) in [7, 11) is 0. The molecule has 0 aromatic heterocycles. The largest absolute Gasteiger partial charge is 0.321 e. The van der Waals surface area contributed by atoms with E-state index >= 15 is 0 Å². The number of rotatable bonds is 7. The summed E-state index contributed by atoms with van der Waals surface area (Å²) in [6.45, 7) is 3.34. The van der Waals surface area contributed by atoms with Crippen LogP contribution in [0.2, 0.25) is 0 Å². The summed E-state index contributed by atoms with van der Waals surface area (Å²) in [6, 6.07) is 18.8. The smallest absolute Gasteiger partial charge is 0.272 e. The van der Waals surface area contributed by atoms with Gasteiger partial charge in [-0.2, -0.15) is 0 Å². The van der Waals surface area contributed by atoms with Crippen molar-refractivity contribution in [1.82, 2.24) is 5.32 Å². The lowest BCUT2D eigenvalue weighted by Crippen LogP contribution is -2.30. The van der Waals surface area contributed by atoms with E-state index in [4.69, 9.17) is 0 Å². The quantitative estimate of drug-likeness (QED) is 0.241. The van der Waals surface area contributed by atoms with Gasteiger partial charge in [0.05, 0.1) is 4.92 Å². The third-order valence-corrected chi connectivity index (χ3v) is 4.77. The van der Waals surface area contributed by atoms with Crippen molar-refractivity contribution in [3.8, 4) is 0 Å². The van der Waals surface area contributed by atoms with Crippen molar-refractivity contribution in [3.05, 3.63) is 111 Å². The second kappa shape index (κ2) is 10.1. The predicted molar refractivity (Wildman–Crippen MR) is 125 cm³/mol. The summed E-state index contributed by atoms with van der Waals surface area (Å²) in [5, 5.41) is 16.2. The third kappa shape index (κ3) is 6.20. The van der Waals surface area contributed by atoms with Gasteiger partial charge in [-0.1, -0.05) is 17.7 Å². The van der Waals surface area contributed by atoms with Crippen molar-refractivity contribution < 1.29 is 19.3 Å². The Kier molecular flexibility index (Phi) is 7.10. The van der Waals surface area contributed by atoms with Gasteiger partial charge in [-0.05, 0) is 74.0 Å². The number of anilines is 1. The molecule has 3 aromatic rings. The van der Waals surface area contributed by atoms with Gasteiger partial charge in [0, 0.05) is 28.9 Å². The van der Waals surface area contributed by atoms with Crippen LogP contribution < -0.4 is 10.6 Å². The van der Waals surface area contributed by atoms with Crippen molar-refractivity contribution in [2.45, 2.75) is 13.8 Å². The number of nitro groups is 1. The van der Waals surface area contributed by atoms with E-state index in [9.17, 15) is 24.5 Å². The van der Waals surface area contributed by atoms with Gasteiger partial charge in [0.2, 0.25) is 0 Å². The van der Waals surface area contributed by atoms with Gasteiger partial charge in [-0.3, -0.25) is 24.5 Å². The first-order valence-corrected chi connectivity index (χ1v) is 9.99. The number of nitrogens with zero attached hydrogens (tertiary/aromatic N) is 1. The highest BCUT2D eigenvalue weighted by molar-refractivity contribution is 6.10. The van der Waals surface area contributed by atoms with Crippen molar-refractivity contribution in [1.29, 1.82) is 0 Å². The van der Waals surface area contributed by atoms with Crippen LogP contribution in [0.3, 0.4) is 0 Å². The minimum absolute atomic E-state index is 0.0509. The molecule has 0 aliphatic rings. The molecule has 0 aliphatic heterocycles. The molecule has 0 heterocycles. The first-order valence-electron chi connectivity index (χ1n) is 9.99. The zero-order valence-electron chi connectivity index (χ0n) is 18.0. The average Bonchev–Trinajstić information content (AvgIpc) is 2.79. The Labute approximate surface area is 190 Å². The Morgan fingerprint density at radius 2 is 1.42 bits per heavy atom. The molecule has 166 valence electrons. The molecule has 8 heteroatoms. The molecule has 0 spiro atoms. The number of nitro benzene ring substituents is 1. The first-order chi connectivity index (χ1) is 15.7. The van der Waals surface area contributed by atoms with Crippen LogP contribution in [0.25, 0.3) is 6.08 Å². The van der Waals surface area contributed by atoms with Gasteiger partial charge in [0.1, 0.15) is 5.70 Å². The van der Waals surface area contributed by atoms with Crippen molar-refractivity contribution in [2.75, 3.05) is 5.32 Å². The summed E-state index contributed by atoms with van der Waals surface area (Å²) >= 11 is 0. The van der Waals surface area contributed by atoms with E-state index in [0.717, 1.165) is 5.56 Å². The molecular weight excluding hydrogens is 422 g/mol. The summed E-state index contributed by atoms with van der Waals surface area (Å²) < 4.78 is 0. The van der Waals surface area contributed by atoms with Gasteiger partial charge in [0.15, 0.2) is 5.78 Å². The number of ketones is 1. The van der Waals surface area contributed by atoms with E-state index in [1.807, 2.05) is 6.92 Å². The lowest BCUT2D eigenvalue weighted by atomic mass is 10.1. The first kappa shape index (κ1) is 23.1. The molecule has 0 atom stereocenters. The number of carbonyl (C=O) groups is 3. The summed E-state index contributed by atoms with van der Waals surface area (Å²) in [6.07, 6.45) is 1.43. The Hall–Kier alpha value is -4.59. The van der Waals surface area contributed by atoms with Gasteiger partial charge >= 0.3 is 0 Å². The van der Waals surface area contributed by atoms with Gasteiger partial charge in [-0.15, -0.1) is 0 Å². The normalized spacial score (nSPS) is 10.9. The van der Waals surface area contributed by atoms with Crippen LogP contribution in [0, 0.1) is 17.0 Å². The molecule has 0 radical (unpaired) electrons. The fourth-order valence-corrected chi connectivity index (χ4v) is 2.90. The van der Waals surface area contributed by atoms with E-state index < -0.39 is 16.7 Å². The lowest BCUT2D eigenvalue weighted by molar-refractivity contribution is -0.384. The van der Waals surface area contributed by atoms with Gasteiger partial charge in [0.25, 0.3) is 17.5 Å². The molecule has 2 amide bonds. The van der Waals surface area contributed by atoms with Crippen LogP contribution in [0.4, 0.5) is 11.4 Å². The molecule has 3 rings (SSSR count). The molecule has 0 saturated carbocycles. The number of hydrogen-bond donors (Lipinski definition) is 2. The van der Waals surface area contributed by atoms with Crippen LogP contribution in [0.1, 0.15) is 38.8 Å². The monoisotopic (exact) mass is 443 g/mol. The third-order valence-electron chi connectivity index (χ3n) is 4.77. The summed E-state index contributed by atoms with van der Waals surface area (Å²) in [5.41, 5.74) is 2.64. The maximum absolute atomic E-state index is 13.0. The maximum Gasteiger partial charge on any atom is 0.272 e. The van der Waals surface area contributed by atoms with E-state index in [1.54, 1.807) is 48.5 Å². The highest BCUT2D eigenvalue weighted by Crippen LogP contribution is 2.16. The van der Waals surface area contributed by atoms with Crippen molar-refractivity contribution in [3.63, 3.8) is 0 Å². The molecule has 33 heavy (non-hydrogen) atoms. The number of hydrogen-bond acceptors (Lipinski definition) is 5. The number of aryl methyl sites for hydroxylation is 1. The Bertz CT molecular complexity index is 1230. The molecule has 0 aliphatic carbocycles. The minimum atomic E-state index is -0.593. The number of carbonyl (C=O) groups excluding carboxylic acids is 3. The Balaban J connectivity index is 1.88. The second-order valence-corrected chi connectivity index (χ2v) is 7.31. The van der Waals surface area contributed by atoms with Gasteiger partial charge < -0.3 is 10.6 Å². The fraction of sp³-hybridized carbons (Fsp3) is 0.0800. The summed E-state index contributed by atoms with van der Waals surface area (Å²) in [4.78, 5) is 47.5. The van der Waals surface area contributed by atoms with Crippen molar-refractivity contribution >= 4 is 35.0 Å². The molecule has 0 unspecified atom stereocenters. The lowest BCUT2D eigenvalue weighted by Gasteiger charge is -2.12. The topological polar surface area (TPSA) is 118 Å². The Morgan fingerprint density at radius 3 is 1.97 bits per heavy atom. The van der Waals surface area contributed by atoms with Crippen LogP contribution in [0.15, 0.2) is 78.5 Å². The minimum Gasteiger partial charge on any atom is -0.321 e. The molecule has 3 aromatic carbocycles. The zero-order chi connectivity index (χ0) is 24.0. The number of benzene rings is 3. The number of amides is 2. The van der Waals surface area contributed by atoms with E-state index in [0.29, 0.717) is 22.4 Å². The van der Waals surface area contributed by atoms with Crippen LogP contribution in [0.5, 0.6) is 0 Å². The Morgan fingerprint density at radius 1 is 0.848 bits per heavy atom. The maximum atomic E-state index is 13.0. The van der Waals surface area contributed by atoms with E-state index in [-0.39, 0.29) is 17.2 Å². The predicted octanol–water partition coefficient (Wildman–Crippen LogP) is 4.52. The van der Waals surface area contributed by atoms with E-state index in [2.05, 4.69) is 10.6 Å². The number of nitrogens with one attached hydrogen (secondary N) is 2. The SMILES string of the molecule is CC(=O)c1ccc(NC(=O)/C(=C/c2ccc([N+](=O)[O-])cc2)NC(=O)c2ccc(C)cc2)cc1. The fourth-order valence-electron chi connectivity index (χ4n) is 2.90. The highest BCUT2D eigenvalue weighted by Gasteiger charge is 2.16. The molecule has 0 fully saturated rings. The zero-order valence-corrected chi connectivity index (χ0v) is 18.0. The van der Waals surface area contributed by atoms with Crippen LogP contribution in [-0.2, 0) is 4.79 Å². The van der Waals surface area contributed by atoms with Gasteiger partial charge in [-0.25, -0.2) is 0 Å². The highest BCUT2D eigenvalue weighted by atomic mass is 16.6.